The van der Waals surface area contributed by atoms with Gasteiger partial charge in [0, 0.05) is 24.3 Å². The number of nitrogens with zero attached hydrogens (tertiary/aromatic N) is 1. The number of benzene rings is 1. The van der Waals surface area contributed by atoms with Crippen molar-refractivity contribution in [1.82, 2.24) is 10.6 Å². The van der Waals surface area contributed by atoms with Gasteiger partial charge in [0.05, 0.1) is 12.3 Å². The summed E-state index contributed by atoms with van der Waals surface area (Å²) in [5.74, 6) is 0.973. The normalized spacial score (nSPS) is 12.4. The zero-order valence-corrected chi connectivity index (χ0v) is 19.6. The molecule has 7 heteroatoms. The molecule has 0 amide bonds. The third-order valence-corrected chi connectivity index (χ3v) is 6.47. The minimum atomic E-state index is -2.97. The van der Waals surface area contributed by atoms with Crippen LogP contribution in [0, 0.1) is 0 Å². The van der Waals surface area contributed by atoms with E-state index in [9.17, 15) is 8.42 Å². The van der Waals surface area contributed by atoms with E-state index in [0.29, 0.717) is 19.0 Å². The van der Waals surface area contributed by atoms with Gasteiger partial charge < -0.3 is 10.6 Å². The lowest BCUT2D eigenvalue weighted by Crippen LogP contribution is -2.41. The minimum absolute atomic E-state index is 0. The van der Waals surface area contributed by atoms with Crippen LogP contribution < -0.4 is 10.6 Å². The van der Waals surface area contributed by atoms with E-state index in [0.717, 1.165) is 19.4 Å². The monoisotopic (exact) mass is 495 g/mol. The Hall–Kier alpha value is -0.830. The van der Waals surface area contributed by atoms with Gasteiger partial charge in [-0.1, -0.05) is 51.1 Å². The molecule has 0 spiro atoms. The molecule has 0 bridgehead atoms. The van der Waals surface area contributed by atoms with Gasteiger partial charge in [0.15, 0.2) is 15.8 Å². The van der Waals surface area contributed by atoms with E-state index in [2.05, 4.69) is 48.7 Å². The lowest BCUT2D eigenvalue weighted by Gasteiger charge is -2.31. The molecule has 0 aliphatic heterocycles. The van der Waals surface area contributed by atoms with Crippen molar-refractivity contribution in [2.45, 2.75) is 46.0 Å². The number of hydrogen-bond donors (Lipinski definition) is 2. The summed E-state index contributed by atoms with van der Waals surface area (Å²) in [4.78, 5) is 4.75. The Kier molecular flexibility index (Phi) is 12.1. The van der Waals surface area contributed by atoms with Crippen LogP contribution in [0.15, 0.2) is 35.3 Å². The van der Waals surface area contributed by atoms with Crippen LogP contribution in [0.2, 0.25) is 0 Å². The number of sulfone groups is 1. The summed E-state index contributed by atoms with van der Waals surface area (Å²) in [7, 11) is -2.97. The van der Waals surface area contributed by atoms with Crippen LogP contribution in [-0.4, -0.2) is 45.5 Å². The summed E-state index contributed by atoms with van der Waals surface area (Å²) in [5.41, 5.74) is 1.30. The Balaban J connectivity index is 0.00000625. The number of nitrogens with one attached hydrogen (secondary N) is 2. The summed E-state index contributed by atoms with van der Waals surface area (Å²) < 4.78 is 23.3. The van der Waals surface area contributed by atoms with Gasteiger partial charge in [-0.3, -0.25) is 4.99 Å². The smallest absolute Gasteiger partial charge is 0.191 e. The van der Waals surface area contributed by atoms with E-state index >= 15 is 0 Å². The topological polar surface area (TPSA) is 70.6 Å². The van der Waals surface area contributed by atoms with Gasteiger partial charge in [0.1, 0.15) is 0 Å². The zero-order valence-electron chi connectivity index (χ0n) is 16.4. The molecule has 0 heterocycles. The molecule has 0 aliphatic carbocycles. The van der Waals surface area contributed by atoms with Gasteiger partial charge in [-0.25, -0.2) is 8.42 Å². The fraction of sp³-hybridized carbons (Fsp3) is 0.632. The highest BCUT2D eigenvalue weighted by atomic mass is 127. The van der Waals surface area contributed by atoms with E-state index in [-0.39, 0.29) is 40.9 Å². The molecule has 1 aromatic rings. The molecule has 0 saturated carbocycles. The van der Waals surface area contributed by atoms with Crippen molar-refractivity contribution in [3.05, 3.63) is 35.9 Å². The van der Waals surface area contributed by atoms with Crippen LogP contribution in [0.4, 0.5) is 0 Å². The number of aliphatic imine (C=N–C) groups is 1. The van der Waals surface area contributed by atoms with Crippen LogP contribution in [0.5, 0.6) is 0 Å². The van der Waals surface area contributed by atoms with Crippen molar-refractivity contribution >= 4 is 39.8 Å². The fourth-order valence-corrected chi connectivity index (χ4v) is 3.51. The average molecular weight is 495 g/mol. The van der Waals surface area contributed by atoms with Gasteiger partial charge in [-0.05, 0) is 25.3 Å². The van der Waals surface area contributed by atoms with Crippen LogP contribution in [0.3, 0.4) is 0 Å². The fourth-order valence-electron chi connectivity index (χ4n) is 2.81. The molecule has 150 valence electrons. The van der Waals surface area contributed by atoms with Crippen molar-refractivity contribution in [3.8, 4) is 0 Å². The second-order valence-electron chi connectivity index (χ2n) is 6.21. The highest BCUT2D eigenvalue weighted by Crippen LogP contribution is 2.31. The van der Waals surface area contributed by atoms with Crippen LogP contribution in [0.25, 0.3) is 0 Å². The first kappa shape index (κ1) is 25.2. The van der Waals surface area contributed by atoms with Crippen molar-refractivity contribution in [3.63, 3.8) is 0 Å². The van der Waals surface area contributed by atoms with Crippen molar-refractivity contribution in [2.24, 2.45) is 4.99 Å². The Bertz CT molecular complexity index is 629. The lowest BCUT2D eigenvalue weighted by molar-refractivity contribution is 0.407. The summed E-state index contributed by atoms with van der Waals surface area (Å²) in [6.45, 7) is 9.84. The third kappa shape index (κ3) is 7.82. The number of halogens is 1. The Labute approximate surface area is 176 Å². The summed E-state index contributed by atoms with van der Waals surface area (Å²) in [6, 6.07) is 10.5. The molecule has 0 unspecified atom stereocenters. The minimum Gasteiger partial charge on any atom is -0.357 e. The molecule has 0 fully saturated rings. The average Bonchev–Trinajstić information content (AvgIpc) is 2.63. The predicted molar refractivity (Wildman–Crippen MR) is 122 cm³/mol. The Morgan fingerprint density at radius 2 is 1.65 bits per heavy atom. The van der Waals surface area contributed by atoms with E-state index < -0.39 is 9.84 Å². The largest absolute Gasteiger partial charge is 0.357 e. The molecule has 0 saturated heterocycles. The van der Waals surface area contributed by atoms with Crippen LogP contribution in [0.1, 0.15) is 46.1 Å². The van der Waals surface area contributed by atoms with Gasteiger partial charge in [-0.15, -0.1) is 24.0 Å². The number of guanidine groups is 1. The molecule has 0 aliphatic rings. The van der Waals surface area contributed by atoms with Crippen molar-refractivity contribution < 1.29 is 8.42 Å². The van der Waals surface area contributed by atoms with Crippen molar-refractivity contribution in [2.75, 3.05) is 31.1 Å². The molecule has 5 nitrogen and oxygen atoms in total. The van der Waals surface area contributed by atoms with Crippen LogP contribution >= 0.6 is 24.0 Å². The quantitative estimate of drug-likeness (QED) is 0.297. The second-order valence-corrected chi connectivity index (χ2v) is 8.68. The lowest BCUT2D eigenvalue weighted by atomic mass is 9.76. The number of rotatable bonds is 10. The SMILES string of the molecule is CCNC(=NCC(CC)(CC)c1ccccc1)NCCS(=O)(=O)CC.I. The summed E-state index contributed by atoms with van der Waals surface area (Å²) in [5, 5.41) is 6.35. The molecule has 0 aromatic heterocycles. The predicted octanol–water partition coefficient (Wildman–Crippen LogP) is 3.35. The van der Waals surface area contributed by atoms with E-state index in [1.165, 1.54) is 5.56 Å². The maximum Gasteiger partial charge on any atom is 0.191 e. The Morgan fingerprint density at radius 3 is 2.15 bits per heavy atom. The van der Waals surface area contributed by atoms with Crippen LogP contribution in [-0.2, 0) is 15.3 Å². The molecule has 26 heavy (non-hydrogen) atoms. The van der Waals surface area contributed by atoms with E-state index in [1.807, 2.05) is 13.0 Å². The number of hydrogen-bond acceptors (Lipinski definition) is 3. The standard InChI is InChI=1S/C19H33N3O2S.HI/c1-5-19(6-2,17-12-10-9-11-13-17)16-22-18(20-7-3)21-14-15-25(23,24)8-4;/h9-13H,5-8,14-16H2,1-4H3,(H2,20,21,22);1H. The van der Waals surface area contributed by atoms with Gasteiger partial charge in [0.25, 0.3) is 0 Å². The summed E-state index contributed by atoms with van der Waals surface area (Å²) >= 11 is 0. The zero-order chi connectivity index (χ0) is 18.8. The molecule has 0 atom stereocenters. The molecular weight excluding hydrogens is 461 g/mol. The van der Waals surface area contributed by atoms with E-state index in [1.54, 1.807) is 6.92 Å². The maximum absolute atomic E-state index is 11.6. The Morgan fingerprint density at radius 1 is 1.04 bits per heavy atom. The third-order valence-electron chi connectivity index (χ3n) is 4.77. The second kappa shape index (κ2) is 12.5. The first-order valence-corrected chi connectivity index (χ1v) is 11.0. The van der Waals surface area contributed by atoms with Crippen molar-refractivity contribution in [1.29, 1.82) is 0 Å². The molecule has 2 N–H and O–H groups in total. The maximum atomic E-state index is 11.6. The first-order chi connectivity index (χ1) is 11.9. The molecule has 1 rings (SSSR count). The highest BCUT2D eigenvalue weighted by Gasteiger charge is 2.28. The molecule has 1 aromatic carbocycles. The van der Waals surface area contributed by atoms with Gasteiger partial charge in [-0.2, -0.15) is 0 Å². The summed E-state index contributed by atoms with van der Waals surface area (Å²) in [6.07, 6.45) is 2.00. The van der Waals surface area contributed by atoms with Gasteiger partial charge >= 0.3 is 0 Å². The first-order valence-electron chi connectivity index (χ1n) is 9.21. The highest BCUT2D eigenvalue weighted by molar-refractivity contribution is 14.0. The molecule has 0 radical (unpaired) electrons. The van der Waals surface area contributed by atoms with Gasteiger partial charge in [0.2, 0.25) is 0 Å². The molecular formula is C19H34IN3O2S. The van der Waals surface area contributed by atoms with E-state index in [4.69, 9.17) is 4.99 Å².